The van der Waals surface area contributed by atoms with Crippen LogP contribution in [0, 0.1) is 10.1 Å². The normalized spacial score (nSPS) is 14.5. The number of hydrogen-bond acceptors (Lipinski definition) is 6. The van der Waals surface area contributed by atoms with Gasteiger partial charge in [-0.2, -0.15) is 0 Å². The minimum absolute atomic E-state index is 0.0832. The van der Waals surface area contributed by atoms with Crippen LogP contribution in [0.15, 0.2) is 42.6 Å². The van der Waals surface area contributed by atoms with Crippen molar-refractivity contribution >= 4 is 17.1 Å². The molecule has 1 saturated heterocycles. The lowest BCUT2D eigenvalue weighted by molar-refractivity contribution is -0.384. The van der Waals surface area contributed by atoms with Crippen LogP contribution < -0.4 is 15.5 Å². The molecule has 3 rings (SSSR count). The molecular formula is C16H19N5O2. The largest absolute Gasteiger partial charge is 0.374 e. The summed E-state index contributed by atoms with van der Waals surface area (Å²) in [5.41, 5.74) is 2.45. The van der Waals surface area contributed by atoms with Crippen LogP contribution in [0.5, 0.6) is 0 Å². The quantitative estimate of drug-likeness (QED) is 0.649. The van der Waals surface area contributed by atoms with Crippen LogP contribution in [-0.2, 0) is 6.54 Å². The number of anilines is 2. The van der Waals surface area contributed by atoms with Crippen molar-refractivity contribution in [3.8, 4) is 0 Å². The lowest BCUT2D eigenvalue weighted by Crippen LogP contribution is -2.43. The van der Waals surface area contributed by atoms with E-state index in [4.69, 9.17) is 0 Å². The number of nitrogens with one attached hydrogen (secondary N) is 2. The van der Waals surface area contributed by atoms with Crippen LogP contribution in [-0.4, -0.2) is 36.1 Å². The van der Waals surface area contributed by atoms with Gasteiger partial charge in [-0.15, -0.1) is 0 Å². The predicted octanol–water partition coefficient (Wildman–Crippen LogP) is 2.01. The smallest absolute Gasteiger partial charge is 0.292 e. The Morgan fingerprint density at radius 1 is 1.26 bits per heavy atom. The van der Waals surface area contributed by atoms with Crippen LogP contribution in [0.4, 0.5) is 17.1 Å². The molecule has 0 atom stereocenters. The topological polar surface area (TPSA) is 83.3 Å². The maximum absolute atomic E-state index is 11.2. The van der Waals surface area contributed by atoms with Gasteiger partial charge in [0.25, 0.3) is 5.69 Å². The fourth-order valence-electron chi connectivity index (χ4n) is 2.63. The number of aromatic nitrogens is 1. The highest BCUT2D eigenvalue weighted by atomic mass is 16.6. The summed E-state index contributed by atoms with van der Waals surface area (Å²) in [5.74, 6) is 0. The van der Waals surface area contributed by atoms with Gasteiger partial charge in [-0.05, 0) is 24.3 Å². The maximum atomic E-state index is 11.2. The van der Waals surface area contributed by atoms with Gasteiger partial charge in [-0.25, -0.2) is 0 Å². The van der Waals surface area contributed by atoms with Gasteiger partial charge in [0.1, 0.15) is 5.69 Å². The fourth-order valence-corrected chi connectivity index (χ4v) is 2.63. The highest BCUT2D eigenvalue weighted by molar-refractivity contribution is 5.69. The lowest BCUT2D eigenvalue weighted by atomic mass is 10.2. The molecule has 1 aliphatic rings. The van der Waals surface area contributed by atoms with E-state index in [1.807, 2.05) is 30.3 Å². The molecule has 2 aromatic rings. The molecule has 2 heterocycles. The molecule has 0 radical (unpaired) electrons. The Labute approximate surface area is 134 Å². The van der Waals surface area contributed by atoms with Crippen LogP contribution in [0.3, 0.4) is 0 Å². The van der Waals surface area contributed by atoms with E-state index in [9.17, 15) is 10.1 Å². The van der Waals surface area contributed by atoms with E-state index < -0.39 is 0 Å². The summed E-state index contributed by atoms with van der Waals surface area (Å²) in [6, 6.07) is 10.9. The predicted molar refractivity (Wildman–Crippen MR) is 89.7 cm³/mol. The summed E-state index contributed by atoms with van der Waals surface area (Å²) in [4.78, 5) is 17.3. The molecule has 120 valence electrons. The Hall–Kier alpha value is -2.67. The van der Waals surface area contributed by atoms with E-state index in [-0.39, 0.29) is 10.6 Å². The molecule has 1 aromatic carbocycles. The molecular weight excluding hydrogens is 294 g/mol. The molecule has 1 fully saturated rings. The van der Waals surface area contributed by atoms with Crippen molar-refractivity contribution in [2.24, 2.45) is 0 Å². The van der Waals surface area contributed by atoms with E-state index in [1.54, 1.807) is 12.3 Å². The zero-order valence-electron chi connectivity index (χ0n) is 12.7. The van der Waals surface area contributed by atoms with Crippen molar-refractivity contribution in [3.05, 3.63) is 58.4 Å². The number of rotatable bonds is 5. The lowest BCUT2D eigenvalue weighted by Gasteiger charge is -2.29. The molecule has 0 amide bonds. The summed E-state index contributed by atoms with van der Waals surface area (Å²) in [6.45, 7) is 4.10. The van der Waals surface area contributed by atoms with Crippen molar-refractivity contribution in [2.75, 3.05) is 36.4 Å². The Kier molecular flexibility index (Phi) is 4.68. The molecule has 0 bridgehead atoms. The first kappa shape index (κ1) is 15.2. The van der Waals surface area contributed by atoms with Crippen LogP contribution in [0.1, 0.15) is 5.69 Å². The molecule has 23 heavy (non-hydrogen) atoms. The van der Waals surface area contributed by atoms with Gasteiger partial charge >= 0.3 is 0 Å². The molecule has 0 saturated carbocycles. The van der Waals surface area contributed by atoms with Crippen molar-refractivity contribution < 1.29 is 4.92 Å². The second kappa shape index (κ2) is 7.06. The van der Waals surface area contributed by atoms with Crippen molar-refractivity contribution in [1.29, 1.82) is 0 Å². The summed E-state index contributed by atoms with van der Waals surface area (Å²) in [5, 5.41) is 17.7. The van der Waals surface area contributed by atoms with Crippen molar-refractivity contribution in [2.45, 2.75) is 6.54 Å². The van der Waals surface area contributed by atoms with Crippen molar-refractivity contribution in [1.82, 2.24) is 10.3 Å². The van der Waals surface area contributed by atoms with Gasteiger partial charge in [0.2, 0.25) is 0 Å². The summed E-state index contributed by atoms with van der Waals surface area (Å²) < 4.78 is 0. The molecule has 7 nitrogen and oxygen atoms in total. The SMILES string of the molecule is O=[N+]([O-])c1ccc(N2CCNCC2)cc1NCc1ccccn1. The van der Waals surface area contributed by atoms with Gasteiger partial charge in [0.05, 0.1) is 17.2 Å². The Balaban J connectivity index is 1.81. The number of pyridine rings is 1. The third-order valence-corrected chi connectivity index (χ3v) is 3.85. The van der Waals surface area contributed by atoms with E-state index >= 15 is 0 Å². The van der Waals surface area contributed by atoms with E-state index in [1.165, 1.54) is 0 Å². The average molecular weight is 313 g/mol. The first-order valence-electron chi connectivity index (χ1n) is 7.62. The number of nitro benzene ring substituents is 1. The highest BCUT2D eigenvalue weighted by Crippen LogP contribution is 2.30. The van der Waals surface area contributed by atoms with E-state index in [0.717, 1.165) is 37.6 Å². The third kappa shape index (κ3) is 3.75. The van der Waals surface area contributed by atoms with E-state index in [0.29, 0.717) is 12.2 Å². The second-order valence-electron chi connectivity index (χ2n) is 5.37. The summed E-state index contributed by atoms with van der Waals surface area (Å²) in [6.07, 6.45) is 1.71. The first-order valence-corrected chi connectivity index (χ1v) is 7.62. The van der Waals surface area contributed by atoms with Gasteiger partial charge < -0.3 is 15.5 Å². The molecule has 1 aromatic heterocycles. The van der Waals surface area contributed by atoms with Gasteiger partial charge in [-0.1, -0.05) is 6.07 Å². The van der Waals surface area contributed by atoms with Gasteiger partial charge in [0.15, 0.2) is 0 Å². The summed E-state index contributed by atoms with van der Waals surface area (Å²) in [7, 11) is 0. The second-order valence-corrected chi connectivity index (χ2v) is 5.37. The highest BCUT2D eigenvalue weighted by Gasteiger charge is 2.17. The van der Waals surface area contributed by atoms with Gasteiger partial charge in [-0.3, -0.25) is 15.1 Å². The number of nitrogens with zero attached hydrogens (tertiary/aromatic N) is 3. The first-order chi connectivity index (χ1) is 11.2. The zero-order valence-corrected chi connectivity index (χ0v) is 12.7. The number of piperazine rings is 1. The van der Waals surface area contributed by atoms with Crippen molar-refractivity contribution in [3.63, 3.8) is 0 Å². The third-order valence-electron chi connectivity index (χ3n) is 3.85. The molecule has 2 N–H and O–H groups in total. The maximum Gasteiger partial charge on any atom is 0.292 e. The minimum atomic E-state index is -0.359. The number of nitro groups is 1. The standard InChI is InChI=1S/C16H19N5O2/c22-21(23)16-5-4-14(20-9-7-17-8-10-20)11-15(16)19-12-13-3-1-2-6-18-13/h1-6,11,17,19H,7-10,12H2. The Morgan fingerprint density at radius 2 is 2.09 bits per heavy atom. The molecule has 1 aliphatic heterocycles. The van der Waals surface area contributed by atoms with Gasteiger partial charge in [0, 0.05) is 44.1 Å². The van der Waals surface area contributed by atoms with E-state index in [2.05, 4.69) is 20.5 Å². The number of hydrogen-bond donors (Lipinski definition) is 2. The monoisotopic (exact) mass is 313 g/mol. The molecule has 0 aliphatic carbocycles. The minimum Gasteiger partial charge on any atom is -0.374 e. The average Bonchev–Trinajstić information content (AvgIpc) is 2.61. The Morgan fingerprint density at radius 3 is 2.78 bits per heavy atom. The van der Waals surface area contributed by atoms with Crippen LogP contribution in [0.25, 0.3) is 0 Å². The fraction of sp³-hybridized carbons (Fsp3) is 0.312. The molecule has 0 spiro atoms. The van der Waals surface area contributed by atoms with Crippen LogP contribution >= 0.6 is 0 Å². The summed E-state index contributed by atoms with van der Waals surface area (Å²) >= 11 is 0. The van der Waals surface area contributed by atoms with Crippen LogP contribution in [0.2, 0.25) is 0 Å². The Bertz CT molecular complexity index is 671. The number of benzene rings is 1. The molecule has 7 heteroatoms. The molecule has 0 unspecified atom stereocenters. The zero-order chi connectivity index (χ0) is 16.1.